The van der Waals surface area contributed by atoms with E-state index in [0.29, 0.717) is 31.9 Å². The lowest BCUT2D eigenvalue weighted by molar-refractivity contribution is -0.139. The Kier molecular flexibility index (Phi) is 8.09. The predicted octanol–water partition coefficient (Wildman–Crippen LogP) is 4.07. The van der Waals surface area contributed by atoms with Crippen molar-refractivity contribution in [3.63, 3.8) is 0 Å². The Balaban J connectivity index is 1.98. The van der Waals surface area contributed by atoms with Crippen LogP contribution in [0.1, 0.15) is 37.9 Å². The van der Waals surface area contributed by atoms with E-state index in [9.17, 15) is 18.8 Å². The number of allylic oxidation sites excluding steroid dienone is 1. The number of rotatable bonds is 5. The molecule has 0 saturated heterocycles. The van der Waals surface area contributed by atoms with Crippen molar-refractivity contribution < 1.29 is 23.5 Å². The summed E-state index contributed by atoms with van der Waals surface area (Å²) in [5.74, 6) is -1.15. The highest BCUT2D eigenvalue weighted by molar-refractivity contribution is 14.1. The van der Waals surface area contributed by atoms with Crippen LogP contribution < -0.4 is 19.6 Å². The van der Waals surface area contributed by atoms with Gasteiger partial charge in [-0.3, -0.25) is 14.2 Å². The van der Waals surface area contributed by atoms with Crippen LogP contribution in [0, 0.1) is 13.0 Å². The van der Waals surface area contributed by atoms with Gasteiger partial charge in [-0.05, 0) is 94.9 Å². The molecule has 1 aromatic heterocycles. The van der Waals surface area contributed by atoms with Gasteiger partial charge in [-0.2, -0.15) is 0 Å². The molecule has 0 aliphatic carbocycles. The number of nitrogens with zero attached hydrogens (tertiary/aromatic N) is 2. The number of benzene rings is 2. The minimum absolute atomic E-state index is 0.153. The normalized spacial score (nSPS) is 15.4. The second-order valence-electron chi connectivity index (χ2n) is 7.75. The number of hydrogen-bond acceptors (Lipinski definition) is 7. The molecule has 0 fully saturated rings. The molecule has 36 heavy (non-hydrogen) atoms. The van der Waals surface area contributed by atoms with Gasteiger partial charge in [0.2, 0.25) is 0 Å². The summed E-state index contributed by atoms with van der Waals surface area (Å²) in [5, 5.41) is 0. The van der Waals surface area contributed by atoms with E-state index in [1.54, 1.807) is 19.9 Å². The van der Waals surface area contributed by atoms with Crippen LogP contribution in [0.15, 0.2) is 57.5 Å². The molecule has 0 bridgehead atoms. The Labute approximate surface area is 236 Å². The second kappa shape index (κ2) is 10.9. The third-order valence-electron chi connectivity index (χ3n) is 5.27. The minimum Gasteiger partial charge on any atom is -0.463 e. The highest BCUT2D eigenvalue weighted by Gasteiger charge is 2.33. The summed E-state index contributed by atoms with van der Waals surface area (Å²) >= 11 is 5.38. The van der Waals surface area contributed by atoms with E-state index < -0.39 is 23.8 Å². The monoisotopic (exact) mass is 732 g/mol. The molecule has 1 atom stereocenters. The summed E-state index contributed by atoms with van der Waals surface area (Å²) in [6.07, 6.45) is 1.65. The van der Waals surface area contributed by atoms with Gasteiger partial charge in [0.25, 0.3) is 5.56 Å². The highest BCUT2D eigenvalue weighted by atomic mass is 127. The van der Waals surface area contributed by atoms with E-state index >= 15 is 0 Å². The van der Waals surface area contributed by atoms with Gasteiger partial charge in [-0.15, -0.1) is 0 Å². The van der Waals surface area contributed by atoms with Crippen molar-refractivity contribution in [3.05, 3.63) is 91.4 Å². The molecule has 0 spiro atoms. The van der Waals surface area contributed by atoms with Gasteiger partial charge >= 0.3 is 11.9 Å². The van der Waals surface area contributed by atoms with Crippen molar-refractivity contribution in [2.45, 2.75) is 26.8 Å². The summed E-state index contributed by atoms with van der Waals surface area (Å²) in [7, 11) is 0. The zero-order valence-electron chi connectivity index (χ0n) is 19.3. The molecule has 3 aromatic rings. The van der Waals surface area contributed by atoms with E-state index in [2.05, 4.69) is 50.2 Å². The number of carbonyl (C=O) groups excluding carboxylic acids is 2. The number of hydrogen-bond donors (Lipinski definition) is 0. The summed E-state index contributed by atoms with van der Waals surface area (Å²) in [5.41, 5.74) is 1.36. The maximum atomic E-state index is 13.7. The van der Waals surface area contributed by atoms with Crippen molar-refractivity contribution in [1.29, 1.82) is 0 Å². The number of thiazole rings is 1. The van der Waals surface area contributed by atoms with Crippen molar-refractivity contribution >= 4 is 74.5 Å². The number of fused-ring (bicyclic) bond motifs is 1. The lowest BCUT2D eigenvalue weighted by Crippen LogP contribution is -2.40. The standard InChI is InChI=1S/C25H19FI2N2O5S/c1-4-34-24(33)20-12(2)29-25-30(21(20)14-5-7-16(26)8-6-14)23(32)19(36-25)10-15-9-17(27)11-18(28)22(15)35-13(3)31/h5-11,21H,4H2,1-3H3/b19-10-/t21-/m1/s1. The molecule has 0 radical (unpaired) electrons. The average Bonchev–Trinajstić information content (AvgIpc) is 3.10. The Morgan fingerprint density at radius 1 is 1.22 bits per heavy atom. The van der Waals surface area contributed by atoms with E-state index in [4.69, 9.17) is 9.47 Å². The third-order valence-corrected chi connectivity index (χ3v) is 7.68. The van der Waals surface area contributed by atoms with Gasteiger partial charge < -0.3 is 9.47 Å². The van der Waals surface area contributed by atoms with E-state index in [0.717, 1.165) is 18.5 Å². The third kappa shape index (κ3) is 5.32. The van der Waals surface area contributed by atoms with Crippen LogP contribution in [-0.4, -0.2) is 23.1 Å². The SMILES string of the molecule is CCOC(=O)C1=C(C)N=c2s/c(=C\c3cc(I)cc(I)c3OC(C)=O)c(=O)n2[C@@H]1c1ccc(F)cc1. The van der Waals surface area contributed by atoms with E-state index in [1.807, 2.05) is 12.1 Å². The lowest BCUT2D eigenvalue weighted by atomic mass is 9.96. The largest absolute Gasteiger partial charge is 0.463 e. The first-order valence-electron chi connectivity index (χ1n) is 10.7. The zero-order valence-corrected chi connectivity index (χ0v) is 24.4. The smallest absolute Gasteiger partial charge is 0.338 e. The first kappa shape index (κ1) is 26.7. The summed E-state index contributed by atoms with van der Waals surface area (Å²) < 4.78 is 27.8. The van der Waals surface area contributed by atoms with Gasteiger partial charge in [0.15, 0.2) is 10.6 Å². The van der Waals surface area contributed by atoms with Crippen LogP contribution in [-0.2, 0) is 14.3 Å². The van der Waals surface area contributed by atoms with Crippen LogP contribution in [0.4, 0.5) is 4.39 Å². The van der Waals surface area contributed by atoms with Crippen molar-refractivity contribution in [3.8, 4) is 5.75 Å². The van der Waals surface area contributed by atoms with Gasteiger partial charge in [0, 0.05) is 16.1 Å². The van der Waals surface area contributed by atoms with Crippen LogP contribution in [0.25, 0.3) is 6.08 Å². The zero-order chi connectivity index (χ0) is 26.1. The Hall–Kier alpha value is -2.39. The first-order chi connectivity index (χ1) is 17.1. The maximum absolute atomic E-state index is 13.7. The first-order valence-corrected chi connectivity index (χ1v) is 13.7. The topological polar surface area (TPSA) is 87.0 Å². The maximum Gasteiger partial charge on any atom is 0.338 e. The number of aromatic nitrogens is 1. The molecule has 1 aliphatic heterocycles. The fourth-order valence-corrected chi connectivity index (χ4v) is 6.87. The molecule has 4 rings (SSSR count). The fraction of sp³-hybridized carbons (Fsp3) is 0.200. The average molecular weight is 732 g/mol. The van der Waals surface area contributed by atoms with Crippen molar-refractivity contribution in [1.82, 2.24) is 4.57 Å². The van der Waals surface area contributed by atoms with Gasteiger partial charge in [-0.25, -0.2) is 14.2 Å². The molecule has 7 nitrogen and oxygen atoms in total. The molecule has 2 aromatic carbocycles. The van der Waals surface area contributed by atoms with Crippen LogP contribution in [0.5, 0.6) is 5.75 Å². The lowest BCUT2D eigenvalue weighted by Gasteiger charge is -2.24. The summed E-state index contributed by atoms with van der Waals surface area (Å²) in [4.78, 5) is 43.3. The molecule has 0 unspecified atom stereocenters. The van der Waals surface area contributed by atoms with E-state index in [1.165, 1.54) is 35.8 Å². The molecular formula is C25H19FI2N2O5S. The van der Waals surface area contributed by atoms with Gasteiger partial charge in [-0.1, -0.05) is 23.5 Å². The highest BCUT2D eigenvalue weighted by Crippen LogP contribution is 2.31. The molecule has 0 saturated carbocycles. The van der Waals surface area contributed by atoms with Crippen molar-refractivity contribution in [2.24, 2.45) is 4.99 Å². The predicted molar refractivity (Wildman–Crippen MR) is 150 cm³/mol. The Morgan fingerprint density at radius 2 is 1.92 bits per heavy atom. The molecule has 0 N–H and O–H groups in total. The quantitative estimate of drug-likeness (QED) is 0.225. The molecule has 2 heterocycles. The Bertz CT molecular complexity index is 1590. The Morgan fingerprint density at radius 3 is 2.56 bits per heavy atom. The number of esters is 2. The van der Waals surface area contributed by atoms with Crippen LogP contribution >= 0.6 is 56.5 Å². The number of ether oxygens (including phenoxy) is 2. The minimum atomic E-state index is -0.841. The molecule has 1 aliphatic rings. The summed E-state index contributed by atoms with van der Waals surface area (Å²) in [6, 6.07) is 8.47. The summed E-state index contributed by atoms with van der Waals surface area (Å²) in [6.45, 7) is 4.84. The molecule has 11 heteroatoms. The fourth-order valence-electron chi connectivity index (χ4n) is 3.83. The van der Waals surface area contributed by atoms with E-state index in [-0.39, 0.29) is 17.7 Å². The van der Waals surface area contributed by atoms with Crippen molar-refractivity contribution in [2.75, 3.05) is 6.61 Å². The van der Waals surface area contributed by atoms with Crippen LogP contribution in [0.3, 0.4) is 0 Å². The van der Waals surface area contributed by atoms with Gasteiger partial charge in [0.1, 0.15) is 5.82 Å². The number of halogens is 3. The number of carbonyl (C=O) groups is 2. The van der Waals surface area contributed by atoms with Crippen LogP contribution in [0.2, 0.25) is 0 Å². The molecular weight excluding hydrogens is 713 g/mol. The van der Waals surface area contributed by atoms with Gasteiger partial charge in [0.05, 0.1) is 32.0 Å². The molecule has 0 amide bonds. The molecule has 186 valence electrons. The second-order valence-corrected chi connectivity index (χ2v) is 11.2.